The lowest BCUT2D eigenvalue weighted by Gasteiger charge is -2.17. The van der Waals surface area contributed by atoms with Crippen molar-refractivity contribution < 1.29 is 14.3 Å². The minimum atomic E-state index is -0.912. The Morgan fingerprint density at radius 3 is 2.47 bits per heavy atom. The average molecular weight is 425 g/mol. The number of Topliss-reactive ketones (excluding diaryl/α,β-unsaturated/α-hetero) is 1. The van der Waals surface area contributed by atoms with Gasteiger partial charge in [0.25, 0.3) is 0 Å². The van der Waals surface area contributed by atoms with Gasteiger partial charge < -0.3 is 13.9 Å². The van der Waals surface area contributed by atoms with E-state index in [2.05, 4.69) is 9.97 Å². The molecule has 1 aliphatic rings. The first-order valence-electron chi connectivity index (χ1n) is 10.5. The van der Waals surface area contributed by atoms with Gasteiger partial charge in [0.1, 0.15) is 23.8 Å². The number of hydrogen-bond donors (Lipinski definition) is 0. The van der Waals surface area contributed by atoms with Gasteiger partial charge in [-0.3, -0.25) is 9.78 Å². The molecule has 3 aromatic heterocycles. The van der Waals surface area contributed by atoms with Crippen molar-refractivity contribution in [2.45, 2.75) is 33.0 Å². The molecule has 0 saturated heterocycles. The molecule has 4 aromatic rings. The van der Waals surface area contributed by atoms with E-state index in [9.17, 15) is 4.79 Å². The molecule has 160 valence electrons. The molecule has 32 heavy (non-hydrogen) atoms. The van der Waals surface area contributed by atoms with Gasteiger partial charge in [-0.2, -0.15) is 0 Å². The third kappa shape index (κ3) is 3.64. The summed E-state index contributed by atoms with van der Waals surface area (Å²) in [6, 6.07) is 15.2. The number of ketones is 1. The second-order valence-electron chi connectivity index (χ2n) is 8.40. The Bertz CT molecular complexity index is 1340. The van der Waals surface area contributed by atoms with Crippen molar-refractivity contribution >= 4 is 22.8 Å². The molecule has 0 N–H and O–H groups in total. The van der Waals surface area contributed by atoms with E-state index in [1.807, 2.05) is 72.2 Å². The molecular formula is C26H23N3O3. The molecule has 0 fully saturated rings. The van der Waals surface area contributed by atoms with Crippen molar-refractivity contribution in [3.05, 3.63) is 95.7 Å². The van der Waals surface area contributed by atoms with Crippen LogP contribution in [-0.2, 0) is 16.1 Å². The third-order valence-corrected chi connectivity index (χ3v) is 5.48. The highest BCUT2D eigenvalue weighted by Crippen LogP contribution is 2.41. The number of ether oxygens (including phenoxy) is 2. The maximum absolute atomic E-state index is 13.1. The molecule has 0 amide bonds. The minimum absolute atomic E-state index is 0.0435. The van der Waals surface area contributed by atoms with Crippen LogP contribution < -0.4 is 4.74 Å². The van der Waals surface area contributed by atoms with E-state index < -0.39 is 5.60 Å². The van der Waals surface area contributed by atoms with E-state index in [1.54, 1.807) is 26.2 Å². The number of benzene rings is 1. The van der Waals surface area contributed by atoms with Crippen LogP contribution >= 0.6 is 0 Å². The molecule has 0 radical (unpaired) electrons. The quantitative estimate of drug-likeness (QED) is 0.457. The number of aryl methyl sites for hydroxylation is 1. The Kier molecular flexibility index (Phi) is 4.78. The van der Waals surface area contributed by atoms with E-state index >= 15 is 0 Å². The first-order chi connectivity index (χ1) is 15.4. The Morgan fingerprint density at radius 2 is 1.72 bits per heavy atom. The Hall–Kier alpha value is -3.93. The molecule has 4 heterocycles. The molecule has 0 spiro atoms. The number of fused-ring (bicyclic) bond motifs is 1. The highest BCUT2D eigenvalue weighted by Gasteiger charge is 2.42. The van der Waals surface area contributed by atoms with Crippen molar-refractivity contribution in [1.82, 2.24) is 14.4 Å². The van der Waals surface area contributed by atoms with Gasteiger partial charge in [-0.15, -0.1) is 0 Å². The topological polar surface area (TPSA) is 65.7 Å². The molecular weight excluding hydrogens is 402 g/mol. The SMILES string of the molecule is Cc1ccc2nc(COc3ccc(C4=C(c5ccncc5)OC(C)(C)C4=O)cc3)cn2c1. The van der Waals surface area contributed by atoms with Gasteiger partial charge in [-0.1, -0.05) is 18.2 Å². The molecule has 0 atom stereocenters. The van der Waals surface area contributed by atoms with Crippen LogP contribution in [0.5, 0.6) is 5.75 Å². The summed E-state index contributed by atoms with van der Waals surface area (Å²) in [6.45, 7) is 5.99. The fraction of sp³-hybridized carbons (Fsp3) is 0.192. The van der Waals surface area contributed by atoms with E-state index in [0.717, 1.165) is 22.5 Å². The van der Waals surface area contributed by atoms with Crippen molar-refractivity contribution in [3.63, 3.8) is 0 Å². The number of rotatable bonds is 5. The normalized spacial score (nSPS) is 15.3. The Labute approximate surface area is 186 Å². The lowest BCUT2D eigenvalue weighted by atomic mass is 9.93. The molecule has 0 bridgehead atoms. The zero-order valence-electron chi connectivity index (χ0n) is 18.2. The first kappa shape index (κ1) is 20.0. The van der Waals surface area contributed by atoms with Crippen LogP contribution in [0.4, 0.5) is 0 Å². The highest BCUT2D eigenvalue weighted by atomic mass is 16.5. The summed E-state index contributed by atoms with van der Waals surface area (Å²) in [7, 11) is 0. The number of imidazole rings is 1. The number of nitrogens with zero attached hydrogens (tertiary/aromatic N) is 3. The van der Waals surface area contributed by atoms with Crippen LogP contribution in [0, 0.1) is 6.92 Å². The zero-order chi connectivity index (χ0) is 22.3. The van der Waals surface area contributed by atoms with Crippen LogP contribution in [0.25, 0.3) is 17.0 Å². The van der Waals surface area contributed by atoms with Crippen LogP contribution in [-0.4, -0.2) is 25.8 Å². The summed E-state index contributed by atoms with van der Waals surface area (Å²) >= 11 is 0. The highest BCUT2D eigenvalue weighted by molar-refractivity contribution is 6.32. The maximum Gasteiger partial charge on any atom is 0.210 e. The lowest BCUT2D eigenvalue weighted by molar-refractivity contribution is -0.125. The zero-order valence-corrected chi connectivity index (χ0v) is 18.2. The summed E-state index contributed by atoms with van der Waals surface area (Å²) in [5, 5.41) is 0. The number of hydrogen-bond acceptors (Lipinski definition) is 5. The summed E-state index contributed by atoms with van der Waals surface area (Å²) < 4.78 is 14.0. The van der Waals surface area contributed by atoms with Gasteiger partial charge in [0.05, 0.1) is 11.3 Å². The summed E-state index contributed by atoms with van der Waals surface area (Å²) in [6.07, 6.45) is 7.39. The number of carbonyl (C=O) groups excluding carboxylic acids is 1. The first-order valence-corrected chi connectivity index (χ1v) is 10.5. The van der Waals surface area contributed by atoms with E-state index in [-0.39, 0.29) is 5.78 Å². The van der Waals surface area contributed by atoms with Gasteiger partial charge in [-0.05, 0) is 62.2 Å². The lowest BCUT2D eigenvalue weighted by Crippen LogP contribution is -2.29. The van der Waals surface area contributed by atoms with E-state index in [4.69, 9.17) is 9.47 Å². The molecule has 6 nitrogen and oxygen atoms in total. The van der Waals surface area contributed by atoms with Gasteiger partial charge in [-0.25, -0.2) is 4.98 Å². The van der Waals surface area contributed by atoms with Gasteiger partial charge in [0.2, 0.25) is 5.78 Å². The van der Waals surface area contributed by atoms with E-state index in [1.165, 1.54) is 5.56 Å². The predicted octanol–water partition coefficient (Wildman–Crippen LogP) is 4.86. The van der Waals surface area contributed by atoms with Gasteiger partial charge in [0.15, 0.2) is 5.60 Å². The Balaban J connectivity index is 1.38. The van der Waals surface area contributed by atoms with Crippen molar-refractivity contribution in [2.75, 3.05) is 0 Å². The molecule has 0 saturated carbocycles. The van der Waals surface area contributed by atoms with Crippen LogP contribution in [0.3, 0.4) is 0 Å². The minimum Gasteiger partial charge on any atom is -0.487 e. The molecule has 5 rings (SSSR count). The van der Waals surface area contributed by atoms with Crippen LogP contribution in [0.1, 0.15) is 36.2 Å². The predicted molar refractivity (Wildman–Crippen MR) is 122 cm³/mol. The van der Waals surface area contributed by atoms with Crippen molar-refractivity contribution in [3.8, 4) is 5.75 Å². The maximum atomic E-state index is 13.1. The summed E-state index contributed by atoms with van der Waals surface area (Å²) in [5.74, 6) is 1.24. The van der Waals surface area contributed by atoms with Gasteiger partial charge in [0, 0.05) is 30.4 Å². The third-order valence-electron chi connectivity index (χ3n) is 5.48. The fourth-order valence-corrected chi connectivity index (χ4v) is 3.83. The van der Waals surface area contributed by atoms with Crippen molar-refractivity contribution in [1.29, 1.82) is 0 Å². The largest absolute Gasteiger partial charge is 0.487 e. The van der Waals surface area contributed by atoms with Crippen LogP contribution in [0.15, 0.2) is 73.3 Å². The summed E-state index contributed by atoms with van der Waals surface area (Å²) in [4.78, 5) is 21.7. The Morgan fingerprint density at radius 1 is 0.969 bits per heavy atom. The summed E-state index contributed by atoms with van der Waals surface area (Å²) in [5.41, 5.74) is 4.20. The number of carbonyl (C=O) groups is 1. The fourth-order valence-electron chi connectivity index (χ4n) is 3.83. The standard InChI is InChI=1S/C26H23N3O3/c1-17-4-9-22-28-20(15-29(22)14-17)16-31-21-7-5-18(6-8-21)23-24(19-10-12-27-13-11-19)32-26(2,3)25(23)30/h4-15H,16H2,1-3H3. The smallest absolute Gasteiger partial charge is 0.210 e. The monoisotopic (exact) mass is 425 g/mol. The van der Waals surface area contributed by atoms with Crippen LogP contribution in [0.2, 0.25) is 0 Å². The average Bonchev–Trinajstić information content (AvgIpc) is 3.30. The molecule has 0 aliphatic carbocycles. The number of aromatic nitrogens is 3. The second-order valence-corrected chi connectivity index (χ2v) is 8.40. The molecule has 1 aliphatic heterocycles. The van der Waals surface area contributed by atoms with E-state index in [0.29, 0.717) is 23.7 Å². The molecule has 1 aromatic carbocycles. The van der Waals surface area contributed by atoms with Gasteiger partial charge >= 0.3 is 0 Å². The molecule has 6 heteroatoms. The van der Waals surface area contributed by atoms with Crippen molar-refractivity contribution in [2.24, 2.45) is 0 Å². The second kappa shape index (κ2) is 7.64. The number of pyridine rings is 2. The molecule has 0 unspecified atom stereocenters.